The van der Waals surface area contributed by atoms with Gasteiger partial charge in [0.05, 0.1) is 19.9 Å². The molecule has 1 aromatic rings. The van der Waals surface area contributed by atoms with Crippen LogP contribution in [0.4, 0.5) is 10.1 Å². The van der Waals surface area contributed by atoms with Gasteiger partial charge >= 0.3 is 0 Å². The fourth-order valence-electron chi connectivity index (χ4n) is 2.65. The molecule has 1 aliphatic rings. The van der Waals surface area contributed by atoms with Crippen molar-refractivity contribution in [1.29, 1.82) is 0 Å². The SMILES string of the molecule is COc1cc(F)c(NC(=O)C2CCCC(N)C2)cc1OC. The molecule has 5 nitrogen and oxygen atoms in total. The average Bonchev–Trinajstić information content (AvgIpc) is 2.48. The van der Waals surface area contributed by atoms with E-state index in [0.29, 0.717) is 12.2 Å². The highest BCUT2D eigenvalue weighted by atomic mass is 19.1. The zero-order valence-electron chi connectivity index (χ0n) is 12.3. The number of halogens is 1. The predicted molar refractivity (Wildman–Crippen MR) is 78.1 cm³/mol. The van der Waals surface area contributed by atoms with Gasteiger partial charge in [0.1, 0.15) is 0 Å². The van der Waals surface area contributed by atoms with E-state index >= 15 is 0 Å². The minimum absolute atomic E-state index is 0.0461. The summed E-state index contributed by atoms with van der Waals surface area (Å²) in [5.74, 6) is -0.263. The normalized spacial score (nSPS) is 21.7. The second kappa shape index (κ2) is 6.76. The molecular weight excluding hydrogens is 275 g/mol. The average molecular weight is 296 g/mol. The standard InChI is InChI=1S/C15H21FN2O3/c1-20-13-7-11(16)12(8-14(13)21-2)18-15(19)9-4-3-5-10(17)6-9/h7-10H,3-6,17H2,1-2H3,(H,18,19). The predicted octanol–water partition coefficient (Wildman–Crippen LogP) is 2.30. The van der Waals surface area contributed by atoms with Gasteiger partial charge in [-0.3, -0.25) is 4.79 Å². The molecule has 116 valence electrons. The third kappa shape index (κ3) is 3.64. The number of amides is 1. The van der Waals surface area contributed by atoms with Gasteiger partial charge in [0, 0.05) is 24.1 Å². The molecular formula is C15H21FN2O3. The van der Waals surface area contributed by atoms with Gasteiger partial charge in [0.2, 0.25) is 5.91 Å². The number of carbonyl (C=O) groups excluding carboxylic acids is 1. The van der Waals surface area contributed by atoms with Crippen molar-refractivity contribution in [3.63, 3.8) is 0 Å². The van der Waals surface area contributed by atoms with Crippen LogP contribution < -0.4 is 20.5 Å². The number of methoxy groups -OCH3 is 2. The molecule has 2 rings (SSSR count). The molecule has 0 aromatic heterocycles. The first kappa shape index (κ1) is 15.6. The van der Waals surface area contributed by atoms with Crippen molar-refractivity contribution in [2.75, 3.05) is 19.5 Å². The van der Waals surface area contributed by atoms with Crippen LogP contribution in [-0.2, 0) is 4.79 Å². The molecule has 0 radical (unpaired) electrons. The van der Waals surface area contributed by atoms with E-state index in [1.54, 1.807) is 0 Å². The third-order valence-corrected chi connectivity index (χ3v) is 3.82. The zero-order valence-corrected chi connectivity index (χ0v) is 12.3. The maximum atomic E-state index is 14.0. The second-order valence-corrected chi connectivity index (χ2v) is 5.30. The Bertz CT molecular complexity index is 522. The maximum absolute atomic E-state index is 14.0. The summed E-state index contributed by atoms with van der Waals surface area (Å²) in [7, 11) is 2.89. The first-order chi connectivity index (χ1) is 10.0. The molecule has 1 aromatic carbocycles. The third-order valence-electron chi connectivity index (χ3n) is 3.82. The van der Waals surface area contributed by atoms with E-state index < -0.39 is 5.82 Å². The molecule has 0 bridgehead atoms. The van der Waals surface area contributed by atoms with Crippen molar-refractivity contribution in [2.45, 2.75) is 31.7 Å². The first-order valence-electron chi connectivity index (χ1n) is 7.03. The van der Waals surface area contributed by atoms with Crippen molar-refractivity contribution in [3.8, 4) is 11.5 Å². The Morgan fingerprint density at radius 3 is 2.57 bits per heavy atom. The molecule has 1 aliphatic carbocycles. The van der Waals surface area contributed by atoms with Gasteiger partial charge in [-0.25, -0.2) is 4.39 Å². The Morgan fingerprint density at radius 2 is 1.95 bits per heavy atom. The van der Waals surface area contributed by atoms with Crippen LogP contribution in [0.3, 0.4) is 0 Å². The molecule has 0 heterocycles. The van der Waals surface area contributed by atoms with Crippen LogP contribution in [0, 0.1) is 11.7 Å². The van der Waals surface area contributed by atoms with Crippen LogP contribution in [0.25, 0.3) is 0 Å². The molecule has 6 heteroatoms. The van der Waals surface area contributed by atoms with Crippen molar-refractivity contribution < 1.29 is 18.7 Å². The van der Waals surface area contributed by atoms with E-state index in [9.17, 15) is 9.18 Å². The highest BCUT2D eigenvalue weighted by Gasteiger charge is 2.26. The monoisotopic (exact) mass is 296 g/mol. The van der Waals surface area contributed by atoms with E-state index in [1.807, 2.05) is 0 Å². The lowest BCUT2D eigenvalue weighted by molar-refractivity contribution is -0.120. The number of nitrogens with two attached hydrogens (primary N) is 1. The van der Waals surface area contributed by atoms with Gasteiger partial charge in [0.15, 0.2) is 17.3 Å². The minimum atomic E-state index is -0.555. The van der Waals surface area contributed by atoms with E-state index in [0.717, 1.165) is 19.3 Å². The fraction of sp³-hybridized carbons (Fsp3) is 0.533. The van der Waals surface area contributed by atoms with Crippen LogP contribution in [-0.4, -0.2) is 26.2 Å². The zero-order chi connectivity index (χ0) is 15.4. The van der Waals surface area contributed by atoms with Gasteiger partial charge in [-0.15, -0.1) is 0 Å². The summed E-state index contributed by atoms with van der Waals surface area (Å²) >= 11 is 0. The molecule has 21 heavy (non-hydrogen) atoms. The summed E-state index contributed by atoms with van der Waals surface area (Å²) in [6.07, 6.45) is 3.29. The number of nitrogens with one attached hydrogen (secondary N) is 1. The fourth-order valence-corrected chi connectivity index (χ4v) is 2.65. The lowest BCUT2D eigenvalue weighted by atomic mass is 9.85. The molecule has 3 N–H and O–H groups in total. The molecule has 0 aliphatic heterocycles. The molecule has 1 fully saturated rings. The highest BCUT2D eigenvalue weighted by molar-refractivity contribution is 5.93. The van der Waals surface area contributed by atoms with Crippen molar-refractivity contribution >= 4 is 11.6 Å². The Morgan fingerprint density at radius 1 is 1.29 bits per heavy atom. The highest BCUT2D eigenvalue weighted by Crippen LogP contribution is 2.33. The molecule has 0 spiro atoms. The number of hydrogen-bond acceptors (Lipinski definition) is 4. The number of rotatable bonds is 4. The summed E-state index contributed by atoms with van der Waals surface area (Å²) in [5.41, 5.74) is 5.97. The van der Waals surface area contributed by atoms with Crippen LogP contribution in [0.5, 0.6) is 11.5 Å². The minimum Gasteiger partial charge on any atom is -0.493 e. The smallest absolute Gasteiger partial charge is 0.227 e. The molecule has 1 saturated carbocycles. The van der Waals surface area contributed by atoms with E-state index in [4.69, 9.17) is 15.2 Å². The van der Waals surface area contributed by atoms with Crippen LogP contribution in [0.1, 0.15) is 25.7 Å². The molecule has 1 amide bonds. The maximum Gasteiger partial charge on any atom is 0.227 e. The van der Waals surface area contributed by atoms with Crippen LogP contribution >= 0.6 is 0 Å². The van der Waals surface area contributed by atoms with Gasteiger partial charge in [-0.1, -0.05) is 6.42 Å². The van der Waals surface area contributed by atoms with Gasteiger partial charge in [-0.05, 0) is 19.3 Å². The summed E-state index contributed by atoms with van der Waals surface area (Å²) in [6.45, 7) is 0. The van der Waals surface area contributed by atoms with Gasteiger partial charge < -0.3 is 20.5 Å². The second-order valence-electron chi connectivity index (χ2n) is 5.30. The number of anilines is 1. The van der Waals surface area contributed by atoms with E-state index in [2.05, 4.69) is 5.32 Å². The Hall–Kier alpha value is -1.82. The first-order valence-corrected chi connectivity index (χ1v) is 7.03. The van der Waals surface area contributed by atoms with Crippen molar-refractivity contribution in [1.82, 2.24) is 0 Å². The molecule has 2 unspecified atom stereocenters. The van der Waals surface area contributed by atoms with E-state index in [1.165, 1.54) is 26.4 Å². The molecule has 0 saturated heterocycles. The summed E-state index contributed by atoms with van der Waals surface area (Å²) in [5, 5.41) is 2.62. The lowest BCUT2D eigenvalue weighted by Crippen LogP contribution is -2.34. The van der Waals surface area contributed by atoms with Crippen LogP contribution in [0.15, 0.2) is 12.1 Å². The van der Waals surface area contributed by atoms with Crippen LogP contribution in [0.2, 0.25) is 0 Å². The number of carbonyl (C=O) groups is 1. The van der Waals surface area contributed by atoms with Gasteiger partial charge in [0.25, 0.3) is 0 Å². The Balaban J connectivity index is 2.13. The lowest BCUT2D eigenvalue weighted by Gasteiger charge is -2.25. The van der Waals surface area contributed by atoms with Gasteiger partial charge in [-0.2, -0.15) is 0 Å². The summed E-state index contributed by atoms with van der Waals surface area (Å²) in [6, 6.07) is 2.67. The Labute approximate surface area is 123 Å². The number of hydrogen-bond donors (Lipinski definition) is 2. The topological polar surface area (TPSA) is 73.6 Å². The van der Waals surface area contributed by atoms with Crippen molar-refractivity contribution in [2.24, 2.45) is 11.7 Å². The summed E-state index contributed by atoms with van der Waals surface area (Å²) in [4.78, 5) is 12.2. The van der Waals surface area contributed by atoms with E-state index in [-0.39, 0.29) is 29.3 Å². The molecule has 2 atom stereocenters. The quantitative estimate of drug-likeness (QED) is 0.894. The summed E-state index contributed by atoms with van der Waals surface area (Å²) < 4.78 is 24.1. The largest absolute Gasteiger partial charge is 0.493 e. The number of ether oxygens (including phenoxy) is 2. The Kier molecular flexibility index (Phi) is 5.01. The number of benzene rings is 1. The van der Waals surface area contributed by atoms with Crippen molar-refractivity contribution in [3.05, 3.63) is 17.9 Å².